The summed E-state index contributed by atoms with van der Waals surface area (Å²) in [6, 6.07) is 16.0. The van der Waals surface area contributed by atoms with Crippen LogP contribution in [0.1, 0.15) is 17.5 Å². The third kappa shape index (κ3) is 2.67. The number of hydrogen-bond donors (Lipinski definition) is 0. The molecule has 0 radical (unpaired) electrons. The Labute approximate surface area is 161 Å². The van der Waals surface area contributed by atoms with Crippen LogP contribution < -0.4 is 10.7 Å². The van der Waals surface area contributed by atoms with Crippen LogP contribution in [-0.4, -0.2) is 9.13 Å². The van der Waals surface area contributed by atoms with Crippen LogP contribution in [-0.2, 0) is 14.1 Å². The van der Waals surface area contributed by atoms with Crippen molar-refractivity contribution in [1.82, 2.24) is 9.13 Å². The van der Waals surface area contributed by atoms with Crippen molar-refractivity contribution in [3.63, 3.8) is 0 Å². The molecule has 1 aliphatic rings. The van der Waals surface area contributed by atoms with E-state index in [-0.39, 0.29) is 0 Å². The number of fused-ring (bicyclic) bond motifs is 1. The van der Waals surface area contributed by atoms with E-state index in [1.165, 1.54) is 33.0 Å². The maximum absolute atomic E-state index is 6.07. The third-order valence-corrected chi connectivity index (χ3v) is 5.83. The van der Waals surface area contributed by atoms with Crippen LogP contribution in [0.5, 0.6) is 0 Å². The normalized spacial score (nSPS) is 13.4. The molecule has 0 fully saturated rings. The number of imidazole rings is 1. The lowest BCUT2D eigenvalue weighted by atomic mass is 9.98. The van der Waals surface area contributed by atoms with Gasteiger partial charge in [0.1, 0.15) is 0 Å². The molecule has 1 aromatic heterocycles. The summed E-state index contributed by atoms with van der Waals surface area (Å²) in [5, 5.41) is 3.84. The van der Waals surface area contributed by atoms with Gasteiger partial charge in [0.15, 0.2) is 4.77 Å². The second kappa shape index (κ2) is 6.17. The predicted molar refractivity (Wildman–Crippen MR) is 107 cm³/mol. The van der Waals surface area contributed by atoms with Crippen LogP contribution in [0.25, 0.3) is 11.1 Å². The fourth-order valence-electron chi connectivity index (χ4n) is 3.55. The van der Waals surface area contributed by atoms with Gasteiger partial charge in [0.05, 0.1) is 10.7 Å². The molecule has 0 N–H and O–H groups in total. The zero-order chi connectivity index (χ0) is 17.7. The van der Waals surface area contributed by atoms with Gasteiger partial charge >= 0.3 is 0 Å². The molecule has 2 nitrogen and oxygen atoms in total. The highest BCUT2D eigenvalue weighted by Gasteiger charge is 2.21. The number of nitrogens with zero attached hydrogens (tertiary/aromatic N) is 2. The molecule has 0 saturated carbocycles. The first-order valence-electron chi connectivity index (χ1n) is 7.97. The van der Waals surface area contributed by atoms with E-state index in [4.69, 9.17) is 35.4 Å². The van der Waals surface area contributed by atoms with E-state index in [9.17, 15) is 0 Å². The van der Waals surface area contributed by atoms with Gasteiger partial charge in [-0.1, -0.05) is 47.5 Å². The van der Waals surface area contributed by atoms with E-state index in [1.807, 2.05) is 38.4 Å². The monoisotopic (exact) mass is 386 g/mol. The van der Waals surface area contributed by atoms with E-state index in [0.717, 1.165) is 21.2 Å². The average Bonchev–Trinajstić information content (AvgIpc) is 3.10. The largest absolute Gasteiger partial charge is 0.319 e. The smallest absolute Gasteiger partial charge is 0.180 e. The Hall–Kier alpha value is -1.81. The minimum absolute atomic E-state index is 0.742. The summed E-state index contributed by atoms with van der Waals surface area (Å²) >= 11 is 17.7. The SMILES string of the molecule is Cn1c2c(n(C)c1=S)=C(c1ccc(Cl)cc1)CC=2c1ccc(Cl)cc1. The molecule has 4 rings (SSSR count). The molecule has 3 aromatic rings. The third-order valence-electron chi connectivity index (χ3n) is 4.78. The van der Waals surface area contributed by atoms with Crippen molar-refractivity contribution >= 4 is 46.6 Å². The molecule has 1 aliphatic carbocycles. The highest BCUT2D eigenvalue weighted by molar-refractivity contribution is 7.71. The lowest BCUT2D eigenvalue weighted by Crippen LogP contribution is -2.32. The standard InChI is InChI=1S/C20H16Cl2N2S/c1-23-18-16(12-3-7-14(21)8-4-12)11-17(19(18)24(2)20(23)25)13-5-9-15(22)10-6-13/h3-10H,11H2,1-2H3. The molecule has 0 unspecified atom stereocenters. The minimum atomic E-state index is 0.742. The summed E-state index contributed by atoms with van der Waals surface area (Å²) in [5.41, 5.74) is 4.88. The Kier molecular flexibility index (Phi) is 4.11. The number of hydrogen-bond acceptors (Lipinski definition) is 1. The van der Waals surface area contributed by atoms with Gasteiger partial charge < -0.3 is 9.13 Å². The molecule has 0 amide bonds. The zero-order valence-electron chi connectivity index (χ0n) is 13.9. The summed E-state index contributed by atoms with van der Waals surface area (Å²) in [7, 11) is 4.06. The molecule has 0 spiro atoms. The molecule has 25 heavy (non-hydrogen) atoms. The van der Waals surface area contributed by atoms with Gasteiger partial charge in [-0.25, -0.2) is 0 Å². The van der Waals surface area contributed by atoms with Crippen molar-refractivity contribution in [2.45, 2.75) is 6.42 Å². The first-order valence-corrected chi connectivity index (χ1v) is 9.13. The topological polar surface area (TPSA) is 9.86 Å². The van der Waals surface area contributed by atoms with E-state index in [1.54, 1.807) is 0 Å². The van der Waals surface area contributed by atoms with Gasteiger partial charge in [-0.05, 0) is 58.8 Å². The first-order chi connectivity index (χ1) is 12.0. The van der Waals surface area contributed by atoms with E-state index >= 15 is 0 Å². The summed E-state index contributed by atoms with van der Waals surface area (Å²) in [5.74, 6) is 0. The molecular formula is C20H16Cl2N2S. The Morgan fingerprint density at radius 3 is 1.44 bits per heavy atom. The van der Waals surface area contributed by atoms with E-state index in [0.29, 0.717) is 0 Å². The van der Waals surface area contributed by atoms with Crippen LogP contribution in [0, 0.1) is 4.77 Å². The van der Waals surface area contributed by atoms with Gasteiger partial charge in [-0.3, -0.25) is 0 Å². The maximum atomic E-state index is 6.07. The lowest BCUT2D eigenvalue weighted by molar-refractivity contribution is 0.794. The number of halogens is 2. The van der Waals surface area contributed by atoms with Gasteiger partial charge in [-0.15, -0.1) is 0 Å². The molecule has 0 atom stereocenters. The van der Waals surface area contributed by atoms with Crippen LogP contribution in [0.2, 0.25) is 10.0 Å². The fraction of sp³-hybridized carbons (Fsp3) is 0.150. The van der Waals surface area contributed by atoms with Gasteiger partial charge in [-0.2, -0.15) is 0 Å². The van der Waals surface area contributed by atoms with Crippen molar-refractivity contribution in [3.05, 3.63) is 85.2 Å². The number of rotatable bonds is 2. The summed E-state index contributed by atoms with van der Waals surface area (Å²) in [6.45, 7) is 0. The number of aromatic nitrogens is 2. The lowest BCUT2D eigenvalue weighted by Gasteiger charge is -2.08. The van der Waals surface area contributed by atoms with Crippen molar-refractivity contribution < 1.29 is 0 Å². The molecule has 1 heterocycles. The predicted octanol–water partition coefficient (Wildman–Crippen LogP) is 4.20. The summed E-state index contributed by atoms with van der Waals surface area (Å²) < 4.78 is 5.00. The van der Waals surface area contributed by atoms with Crippen molar-refractivity contribution in [3.8, 4) is 0 Å². The first kappa shape index (κ1) is 16.6. The van der Waals surface area contributed by atoms with Crippen molar-refractivity contribution in [1.29, 1.82) is 0 Å². The van der Waals surface area contributed by atoms with Crippen molar-refractivity contribution in [2.24, 2.45) is 14.1 Å². The molecule has 2 aromatic carbocycles. The van der Waals surface area contributed by atoms with Crippen molar-refractivity contribution in [2.75, 3.05) is 0 Å². The summed E-state index contributed by atoms with van der Waals surface area (Å²) in [4.78, 5) is 0. The molecule has 0 aliphatic heterocycles. The van der Waals surface area contributed by atoms with E-state index in [2.05, 4.69) is 33.4 Å². The Balaban J connectivity index is 2.07. The zero-order valence-corrected chi connectivity index (χ0v) is 16.2. The van der Waals surface area contributed by atoms with Crippen LogP contribution in [0.4, 0.5) is 0 Å². The summed E-state index contributed by atoms with van der Waals surface area (Å²) in [6.07, 6.45) is 0.852. The van der Waals surface area contributed by atoms with Crippen LogP contribution >= 0.6 is 35.4 Å². The second-order valence-electron chi connectivity index (χ2n) is 6.25. The quantitative estimate of drug-likeness (QED) is 0.600. The van der Waals surface area contributed by atoms with Gasteiger partial charge in [0.2, 0.25) is 0 Å². The second-order valence-corrected chi connectivity index (χ2v) is 7.48. The molecule has 5 heteroatoms. The molecule has 126 valence electrons. The van der Waals surface area contributed by atoms with Gasteiger partial charge in [0, 0.05) is 30.6 Å². The Morgan fingerprint density at radius 2 is 1.08 bits per heavy atom. The maximum Gasteiger partial charge on any atom is 0.180 e. The highest BCUT2D eigenvalue weighted by atomic mass is 35.5. The van der Waals surface area contributed by atoms with E-state index < -0.39 is 0 Å². The highest BCUT2D eigenvalue weighted by Crippen LogP contribution is 2.28. The van der Waals surface area contributed by atoms with Crippen LogP contribution in [0.15, 0.2) is 48.5 Å². The molecule has 0 saturated heterocycles. The fourth-order valence-corrected chi connectivity index (χ4v) is 3.98. The average molecular weight is 387 g/mol. The molecule has 0 bridgehead atoms. The number of benzene rings is 2. The molecular weight excluding hydrogens is 371 g/mol. The Bertz CT molecular complexity index is 1060. The van der Waals surface area contributed by atoms with Crippen LogP contribution in [0.3, 0.4) is 0 Å². The Morgan fingerprint density at radius 1 is 0.720 bits per heavy atom. The minimum Gasteiger partial charge on any atom is -0.319 e. The van der Waals surface area contributed by atoms with Gasteiger partial charge in [0.25, 0.3) is 0 Å².